The molecule has 0 radical (unpaired) electrons. The molecule has 0 fully saturated rings. The van der Waals surface area contributed by atoms with Gasteiger partial charge in [0.15, 0.2) is 0 Å². The summed E-state index contributed by atoms with van der Waals surface area (Å²) in [6.07, 6.45) is 3.35. The largest absolute Gasteiger partial charge is 0.384 e. The van der Waals surface area contributed by atoms with Gasteiger partial charge in [-0.25, -0.2) is 0 Å². The monoisotopic (exact) mass is 269 g/mol. The molecule has 5 nitrogen and oxygen atoms in total. The highest BCUT2D eigenvalue weighted by Crippen LogP contribution is 2.16. The molecule has 2 aromatic rings. The number of nitrogens with one attached hydrogen (secondary N) is 1. The van der Waals surface area contributed by atoms with Crippen molar-refractivity contribution in [3.8, 4) is 11.8 Å². The van der Waals surface area contributed by atoms with Crippen LogP contribution in [-0.4, -0.2) is 27.4 Å². The van der Waals surface area contributed by atoms with E-state index in [1.807, 2.05) is 19.1 Å². The van der Waals surface area contributed by atoms with E-state index < -0.39 is 0 Å². The predicted octanol–water partition coefficient (Wildman–Crippen LogP) is 1.17. The van der Waals surface area contributed by atoms with Gasteiger partial charge in [-0.3, -0.25) is 9.48 Å². The van der Waals surface area contributed by atoms with Crippen LogP contribution in [0.5, 0.6) is 0 Å². The molecule has 1 aromatic carbocycles. The summed E-state index contributed by atoms with van der Waals surface area (Å²) in [5.41, 5.74) is 2.36. The molecule has 20 heavy (non-hydrogen) atoms. The highest BCUT2D eigenvalue weighted by Gasteiger charge is 2.07. The molecule has 0 aliphatic carbocycles. The van der Waals surface area contributed by atoms with E-state index in [4.69, 9.17) is 5.11 Å². The lowest BCUT2D eigenvalue weighted by Crippen LogP contribution is -2.19. The van der Waals surface area contributed by atoms with Crippen molar-refractivity contribution >= 4 is 11.6 Å². The van der Waals surface area contributed by atoms with E-state index in [1.165, 1.54) is 0 Å². The summed E-state index contributed by atoms with van der Waals surface area (Å²) in [6, 6.07) is 7.33. The van der Waals surface area contributed by atoms with Gasteiger partial charge in [-0.15, -0.1) is 0 Å². The van der Waals surface area contributed by atoms with E-state index >= 15 is 0 Å². The van der Waals surface area contributed by atoms with Crippen molar-refractivity contribution < 1.29 is 9.90 Å². The molecule has 0 saturated heterocycles. The topological polar surface area (TPSA) is 67.2 Å². The Kier molecular flexibility index (Phi) is 4.53. The number of aliphatic hydroxyl groups excluding tert-OH is 1. The number of anilines is 1. The van der Waals surface area contributed by atoms with Crippen LogP contribution in [0.1, 0.15) is 11.1 Å². The molecular weight excluding hydrogens is 254 g/mol. The van der Waals surface area contributed by atoms with Crippen LogP contribution in [0, 0.1) is 18.8 Å². The first kappa shape index (κ1) is 13.8. The van der Waals surface area contributed by atoms with Crippen molar-refractivity contribution in [2.24, 2.45) is 0 Å². The summed E-state index contributed by atoms with van der Waals surface area (Å²) in [5, 5.41) is 15.5. The van der Waals surface area contributed by atoms with Crippen LogP contribution in [0.2, 0.25) is 0 Å². The van der Waals surface area contributed by atoms with Gasteiger partial charge < -0.3 is 10.4 Å². The first-order chi connectivity index (χ1) is 9.69. The van der Waals surface area contributed by atoms with Crippen molar-refractivity contribution in [3.05, 3.63) is 47.8 Å². The first-order valence-electron chi connectivity index (χ1n) is 6.16. The molecule has 5 heteroatoms. The summed E-state index contributed by atoms with van der Waals surface area (Å²) in [5.74, 6) is 5.24. The molecule has 0 unspecified atom stereocenters. The van der Waals surface area contributed by atoms with Gasteiger partial charge in [0.2, 0.25) is 5.91 Å². The SMILES string of the molecule is Cc1ccc(NC(=O)Cn2cccn2)c(C#CCO)c1. The molecule has 0 atom stereocenters. The van der Waals surface area contributed by atoms with Crippen molar-refractivity contribution in [2.75, 3.05) is 11.9 Å². The molecule has 0 spiro atoms. The van der Waals surface area contributed by atoms with Gasteiger partial charge in [-0.2, -0.15) is 5.10 Å². The van der Waals surface area contributed by atoms with Crippen LogP contribution in [0.15, 0.2) is 36.7 Å². The molecule has 1 aromatic heterocycles. The molecule has 0 aliphatic heterocycles. The minimum atomic E-state index is -0.214. The summed E-state index contributed by atoms with van der Waals surface area (Å²) >= 11 is 0. The Bertz CT molecular complexity index is 651. The Hall–Kier alpha value is -2.58. The fraction of sp³-hybridized carbons (Fsp3) is 0.200. The van der Waals surface area contributed by atoms with Gasteiger partial charge in [0.25, 0.3) is 0 Å². The van der Waals surface area contributed by atoms with Gasteiger partial charge >= 0.3 is 0 Å². The number of amides is 1. The number of carbonyl (C=O) groups is 1. The van der Waals surface area contributed by atoms with Crippen LogP contribution >= 0.6 is 0 Å². The number of hydrogen-bond acceptors (Lipinski definition) is 3. The summed E-state index contributed by atoms with van der Waals surface area (Å²) in [4.78, 5) is 11.9. The molecule has 0 bridgehead atoms. The average molecular weight is 269 g/mol. The van der Waals surface area contributed by atoms with E-state index in [2.05, 4.69) is 22.3 Å². The third-order valence-electron chi connectivity index (χ3n) is 2.62. The highest BCUT2D eigenvalue weighted by molar-refractivity contribution is 5.92. The average Bonchev–Trinajstić information content (AvgIpc) is 2.91. The minimum Gasteiger partial charge on any atom is -0.384 e. The molecule has 2 rings (SSSR count). The fourth-order valence-corrected chi connectivity index (χ4v) is 1.74. The number of hydrogen-bond donors (Lipinski definition) is 2. The zero-order chi connectivity index (χ0) is 14.4. The maximum Gasteiger partial charge on any atom is 0.246 e. The summed E-state index contributed by atoms with van der Waals surface area (Å²) in [7, 11) is 0. The summed E-state index contributed by atoms with van der Waals surface area (Å²) < 4.78 is 1.54. The Morgan fingerprint density at radius 2 is 2.35 bits per heavy atom. The van der Waals surface area contributed by atoms with E-state index in [0.717, 1.165) is 5.56 Å². The van der Waals surface area contributed by atoms with Gasteiger partial charge in [0.1, 0.15) is 13.2 Å². The standard InChI is InChI=1S/C15H15N3O2/c1-12-5-6-14(13(10-12)4-2-9-19)17-15(20)11-18-8-3-7-16-18/h3,5-8,10,19H,9,11H2,1H3,(H,17,20). The van der Waals surface area contributed by atoms with Crippen LogP contribution in [0.3, 0.4) is 0 Å². The molecule has 102 valence electrons. The lowest BCUT2D eigenvalue weighted by molar-refractivity contribution is -0.116. The number of aryl methyl sites for hydroxylation is 1. The van der Waals surface area contributed by atoms with Crippen molar-refractivity contribution in [2.45, 2.75) is 13.5 Å². The van der Waals surface area contributed by atoms with E-state index in [9.17, 15) is 4.79 Å². The number of carbonyl (C=O) groups excluding carboxylic acids is 1. The number of aromatic nitrogens is 2. The maximum absolute atomic E-state index is 11.9. The molecule has 2 N–H and O–H groups in total. The quantitative estimate of drug-likeness (QED) is 0.822. The van der Waals surface area contributed by atoms with Crippen molar-refractivity contribution in [1.82, 2.24) is 9.78 Å². The van der Waals surface area contributed by atoms with Crippen LogP contribution in [-0.2, 0) is 11.3 Å². The Morgan fingerprint density at radius 1 is 1.50 bits per heavy atom. The fourth-order valence-electron chi connectivity index (χ4n) is 1.74. The smallest absolute Gasteiger partial charge is 0.246 e. The third kappa shape index (κ3) is 3.70. The number of nitrogens with zero attached hydrogens (tertiary/aromatic N) is 2. The lowest BCUT2D eigenvalue weighted by atomic mass is 10.1. The van der Waals surface area contributed by atoms with Crippen LogP contribution in [0.25, 0.3) is 0 Å². The first-order valence-corrected chi connectivity index (χ1v) is 6.16. The van der Waals surface area contributed by atoms with Crippen LogP contribution < -0.4 is 5.32 Å². The van der Waals surface area contributed by atoms with Gasteiger partial charge in [0, 0.05) is 18.0 Å². The Balaban J connectivity index is 2.14. The second-order valence-electron chi connectivity index (χ2n) is 4.26. The molecule has 1 amide bonds. The Labute approximate surface area is 117 Å². The van der Waals surface area contributed by atoms with E-state index in [-0.39, 0.29) is 19.1 Å². The highest BCUT2D eigenvalue weighted by atomic mass is 16.2. The maximum atomic E-state index is 11.9. The van der Waals surface area contributed by atoms with E-state index in [0.29, 0.717) is 11.3 Å². The van der Waals surface area contributed by atoms with Gasteiger partial charge in [-0.05, 0) is 30.7 Å². The number of benzene rings is 1. The minimum absolute atomic E-state index is 0.147. The molecular formula is C15H15N3O2. The van der Waals surface area contributed by atoms with Gasteiger partial charge in [-0.1, -0.05) is 17.9 Å². The summed E-state index contributed by atoms with van der Waals surface area (Å²) in [6.45, 7) is 1.88. The molecule has 0 saturated carbocycles. The molecule has 0 aliphatic rings. The second-order valence-corrected chi connectivity index (χ2v) is 4.26. The second kappa shape index (κ2) is 6.55. The van der Waals surface area contributed by atoms with E-state index in [1.54, 1.807) is 29.2 Å². The number of rotatable bonds is 3. The van der Waals surface area contributed by atoms with Crippen molar-refractivity contribution in [3.63, 3.8) is 0 Å². The predicted molar refractivity (Wildman–Crippen MR) is 76.0 cm³/mol. The van der Waals surface area contributed by atoms with Gasteiger partial charge in [0.05, 0.1) is 5.69 Å². The molecule has 1 heterocycles. The number of aliphatic hydroxyl groups is 1. The zero-order valence-corrected chi connectivity index (χ0v) is 11.1. The van der Waals surface area contributed by atoms with Crippen molar-refractivity contribution in [1.29, 1.82) is 0 Å². The van der Waals surface area contributed by atoms with Crippen LogP contribution in [0.4, 0.5) is 5.69 Å². The third-order valence-corrected chi connectivity index (χ3v) is 2.62. The normalized spacial score (nSPS) is 9.70. The lowest BCUT2D eigenvalue weighted by Gasteiger charge is -2.08. The zero-order valence-electron chi connectivity index (χ0n) is 11.1. The Morgan fingerprint density at radius 3 is 3.05 bits per heavy atom.